The van der Waals surface area contributed by atoms with Gasteiger partial charge in [-0.1, -0.05) is 54.1 Å². The van der Waals surface area contributed by atoms with E-state index in [1.807, 2.05) is 42.5 Å². The second kappa shape index (κ2) is 7.04. The number of sulfonamides is 1. The summed E-state index contributed by atoms with van der Waals surface area (Å²) in [4.78, 5) is 0.140. The Morgan fingerprint density at radius 3 is 2.48 bits per heavy atom. The predicted molar refractivity (Wildman–Crippen MR) is 101 cm³/mol. The summed E-state index contributed by atoms with van der Waals surface area (Å²) in [6.07, 6.45) is 0. The number of fused-ring (bicyclic) bond motifs is 1. The Labute approximate surface area is 152 Å². The van der Waals surface area contributed by atoms with Gasteiger partial charge in [0.2, 0.25) is 10.0 Å². The Bertz CT molecular complexity index is 1010. The van der Waals surface area contributed by atoms with Gasteiger partial charge in [0, 0.05) is 13.6 Å². The Balaban J connectivity index is 1.94. The molecule has 0 N–H and O–H groups in total. The van der Waals surface area contributed by atoms with Crippen LogP contribution in [0.3, 0.4) is 0 Å². The molecule has 0 fully saturated rings. The Hall–Kier alpha value is -2.08. The van der Waals surface area contributed by atoms with Gasteiger partial charge in [-0.05, 0) is 34.5 Å². The van der Waals surface area contributed by atoms with Crippen molar-refractivity contribution in [1.29, 1.82) is 0 Å². The molecule has 0 aliphatic carbocycles. The number of halogens is 1. The lowest BCUT2D eigenvalue weighted by molar-refractivity contribution is 0.414. The molecule has 0 atom stereocenters. The van der Waals surface area contributed by atoms with Crippen molar-refractivity contribution in [3.63, 3.8) is 0 Å². The minimum absolute atomic E-state index is 0.140. The van der Waals surface area contributed by atoms with Crippen molar-refractivity contribution in [3.05, 3.63) is 71.2 Å². The highest BCUT2D eigenvalue weighted by Gasteiger charge is 2.22. The molecule has 4 nitrogen and oxygen atoms in total. The summed E-state index contributed by atoms with van der Waals surface area (Å²) in [5.74, 6) is 0.442. The van der Waals surface area contributed by atoms with Crippen molar-refractivity contribution in [1.82, 2.24) is 4.31 Å². The summed E-state index contributed by atoms with van der Waals surface area (Å²) in [6.45, 7) is 0.271. The Morgan fingerprint density at radius 2 is 1.76 bits per heavy atom. The van der Waals surface area contributed by atoms with Gasteiger partial charge in [0.1, 0.15) is 5.75 Å². The molecule has 0 spiro atoms. The third-order valence-corrected chi connectivity index (χ3v) is 6.20. The van der Waals surface area contributed by atoms with E-state index in [-0.39, 0.29) is 16.5 Å². The molecule has 3 rings (SSSR count). The third kappa shape index (κ3) is 3.49. The lowest BCUT2D eigenvalue weighted by Gasteiger charge is -2.19. The fraction of sp³-hybridized carbons (Fsp3) is 0.158. The zero-order chi connectivity index (χ0) is 18.0. The van der Waals surface area contributed by atoms with Crippen LogP contribution >= 0.6 is 11.6 Å². The first-order chi connectivity index (χ1) is 11.9. The lowest BCUT2D eigenvalue weighted by Crippen LogP contribution is -2.26. The normalized spacial score (nSPS) is 11.8. The number of hydrogen-bond acceptors (Lipinski definition) is 3. The van der Waals surface area contributed by atoms with E-state index in [1.54, 1.807) is 13.1 Å². The lowest BCUT2D eigenvalue weighted by atomic mass is 10.0. The average Bonchev–Trinajstić information content (AvgIpc) is 2.62. The molecule has 130 valence electrons. The van der Waals surface area contributed by atoms with E-state index in [0.29, 0.717) is 5.75 Å². The molecule has 0 aliphatic rings. The van der Waals surface area contributed by atoms with Crippen LogP contribution in [-0.4, -0.2) is 26.9 Å². The summed E-state index contributed by atoms with van der Waals surface area (Å²) >= 11 is 6.07. The molecule has 0 heterocycles. The van der Waals surface area contributed by atoms with Crippen molar-refractivity contribution in [3.8, 4) is 5.75 Å². The highest BCUT2D eigenvalue weighted by atomic mass is 35.5. The topological polar surface area (TPSA) is 46.6 Å². The van der Waals surface area contributed by atoms with Gasteiger partial charge in [-0.15, -0.1) is 0 Å². The van der Waals surface area contributed by atoms with Gasteiger partial charge in [-0.3, -0.25) is 0 Å². The minimum atomic E-state index is -3.66. The minimum Gasteiger partial charge on any atom is -0.495 e. The number of hydrogen-bond donors (Lipinski definition) is 0. The van der Waals surface area contributed by atoms with E-state index in [0.717, 1.165) is 16.3 Å². The van der Waals surface area contributed by atoms with Crippen LogP contribution in [0.2, 0.25) is 5.02 Å². The van der Waals surface area contributed by atoms with Crippen LogP contribution in [0.15, 0.2) is 65.6 Å². The summed E-state index contributed by atoms with van der Waals surface area (Å²) in [5.41, 5.74) is 0.948. The molecule has 0 aliphatic heterocycles. The largest absolute Gasteiger partial charge is 0.495 e. The van der Waals surface area contributed by atoms with E-state index in [9.17, 15) is 8.42 Å². The highest BCUT2D eigenvalue weighted by molar-refractivity contribution is 7.89. The highest BCUT2D eigenvalue weighted by Crippen LogP contribution is 2.29. The quantitative estimate of drug-likeness (QED) is 0.667. The Morgan fingerprint density at radius 1 is 1.04 bits per heavy atom. The van der Waals surface area contributed by atoms with Crippen molar-refractivity contribution in [2.24, 2.45) is 0 Å². The first-order valence-electron chi connectivity index (χ1n) is 7.70. The number of methoxy groups -OCH3 is 1. The van der Waals surface area contributed by atoms with Crippen molar-refractivity contribution in [2.75, 3.05) is 14.2 Å². The predicted octanol–water partition coefficient (Wildman–Crippen LogP) is 4.32. The number of ether oxygens (including phenoxy) is 1. The molecule has 25 heavy (non-hydrogen) atoms. The van der Waals surface area contributed by atoms with Gasteiger partial charge < -0.3 is 4.74 Å². The van der Waals surface area contributed by atoms with Crippen LogP contribution in [0, 0.1) is 0 Å². The summed E-state index contributed by atoms with van der Waals surface area (Å²) in [5, 5.41) is 2.39. The molecule has 0 aromatic heterocycles. The maximum absolute atomic E-state index is 12.9. The van der Waals surface area contributed by atoms with Gasteiger partial charge in [-0.2, -0.15) is 4.31 Å². The first-order valence-corrected chi connectivity index (χ1v) is 9.52. The molecule has 0 unspecified atom stereocenters. The molecule has 3 aromatic rings. The van der Waals surface area contributed by atoms with Gasteiger partial charge in [0.15, 0.2) is 0 Å². The maximum atomic E-state index is 12.9. The third-order valence-electron chi connectivity index (χ3n) is 4.10. The molecule has 0 saturated heterocycles. The molecular weight excluding hydrogens is 358 g/mol. The smallest absolute Gasteiger partial charge is 0.243 e. The number of rotatable bonds is 5. The van der Waals surface area contributed by atoms with Crippen LogP contribution in [0.25, 0.3) is 10.8 Å². The molecule has 0 bridgehead atoms. The van der Waals surface area contributed by atoms with Crippen molar-refractivity contribution < 1.29 is 13.2 Å². The van der Waals surface area contributed by atoms with E-state index < -0.39 is 10.0 Å². The number of nitrogens with zero attached hydrogens (tertiary/aromatic N) is 1. The second-order valence-corrected chi connectivity index (χ2v) is 8.15. The molecule has 3 aromatic carbocycles. The van der Waals surface area contributed by atoms with E-state index in [4.69, 9.17) is 16.3 Å². The molecule has 0 radical (unpaired) electrons. The second-order valence-electron chi connectivity index (χ2n) is 5.70. The summed E-state index contributed by atoms with van der Waals surface area (Å²) in [7, 11) is -0.607. The van der Waals surface area contributed by atoms with Gasteiger partial charge in [0.25, 0.3) is 0 Å². The summed E-state index contributed by atoms with van der Waals surface area (Å²) < 4.78 is 32.1. The zero-order valence-corrected chi connectivity index (χ0v) is 15.5. The van der Waals surface area contributed by atoms with Crippen molar-refractivity contribution >= 4 is 32.4 Å². The van der Waals surface area contributed by atoms with Crippen LogP contribution in [0.1, 0.15) is 5.56 Å². The fourth-order valence-electron chi connectivity index (χ4n) is 2.74. The number of benzene rings is 3. The van der Waals surface area contributed by atoms with Gasteiger partial charge in [-0.25, -0.2) is 8.42 Å². The van der Waals surface area contributed by atoms with Crippen molar-refractivity contribution in [2.45, 2.75) is 11.4 Å². The molecular formula is C19H18ClNO3S. The van der Waals surface area contributed by atoms with E-state index >= 15 is 0 Å². The fourth-order valence-corrected chi connectivity index (χ4v) is 4.24. The maximum Gasteiger partial charge on any atom is 0.243 e. The molecule has 0 amide bonds. The SMILES string of the molecule is COc1ccc(S(=O)(=O)N(C)Cc2cccc3ccccc23)cc1Cl. The van der Waals surface area contributed by atoms with Crippen LogP contribution < -0.4 is 4.74 Å². The molecule has 6 heteroatoms. The van der Waals surface area contributed by atoms with E-state index in [1.165, 1.54) is 23.5 Å². The zero-order valence-electron chi connectivity index (χ0n) is 13.9. The molecule has 0 saturated carbocycles. The van der Waals surface area contributed by atoms with Crippen LogP contribution in [0.5, 0.6) is 5.75 Å². The van der Waals surface area contributed by atoms with Crippen LogP contribution in [-0.2, 0) is 16.6 Å². The Kier molecular flexibility index (Phi) is 4.99. The van der Waals surface area contributed by atoms with Gasteiger partial charge in [0.05, 0.1) is 17.0 Å². The standard InChI is InChI=1S/C19H18ClNO3S/c1-21(13-15-8-5-7-14-6-3-4-9-17(14)15)25(22,23)16-10-11-19(24-2)18(20)12-16/h3-12H,13H2,1-2H3. The van der Waals surface area contributed by atoms with E-state index in [2.05, 4.69) is 0 Å². The monoisotopic (exact) mass is 375 g/mol. The summed E-state index contributed by atoms with van der Waals surface area (Å²) in [6, 6.07) is 18.3. The average molecular weight is 376 g/mol. The van der Waals surface area contributed by atoms with Crippen LogP contribution in [0.4, 0.5) is 0 Å². The van der Waals surface area contributed by atoms with Gasteiger partial charge >= 0.3 is 0 Å². The first kappa shape index (κ1) is 17.7.